The van der Waals surface area contributed by atoms with Gasteiger partial charge in [-0.25, -0.2) is 10.4 Å². The first-order valence-electron chi connectivity index (χ1n) is 8.94. The Morgan fingerprint density at radius 3 is 2.76 bits per heavy atom. The van der Waals surface area contributed by atoms with Gasteiger partial charge < -0.3 is 4.74 Å². The molecular formula is C20H19N5O4. The van der Waals surface area contributed by atoms with E-state index < -0.39 is 4.92 Å². The Bertz CT molecular complexity index is 1080. The van der Waals surface area contributed by atoms with Crippen LogP contribution >= 0.6 is 0 Å². The Hall–Kier alpha value is -4.01. The van der Waals surface area contributed by atoms with Crippen LogP contribution in [0.25, 0.3) is 11.3 Å². The highest BCUT2D eigenvalue weighted by Gasteiger charge is 2.15. The number of ether oxygens (including phenoxy) is 1. The van der Waals surface area contributed by atoms with Crippen molar-refractivity contribution in [3.63, 3.8) is 0 Å². The number of nitrogens with one attached hydrogen (secondary N) is 2. The minimum absolute atomic E-state index is 0.139. The number of hydrazone groups is 1. The first kappa shape index (κ1) is 19.7. The van der Waals surface area contributed by atoms with Crippen molar-refractivity contribution in [2.24, 2.45) is 5.10 Å². The van der Waals surface area contributed by atoms with Crippen molar-refractivity contribution in [3.05, 3.63) is 80.6 Å². The number of rotatable bonds is 8. The number of hydrogen-bond acceptors (Lipinski definition) is 7. The van der Waals surface area contributed by atoms with Crippen LogP contribution in [0.15, 0.2) is 64.5 Å². The maximum Gasteiger partial charge on any atom is 0.311 e. The van der Waals surface area contributed by atoms with Gasteiger partial charge in [0, 0.05) is 23.3 Å². The lowest BCUT2D eigenvalue weighted by Crippen LogP contribution is -2.10. The minimum atomic E-state index is -0.502. The molecule has 29 heavy (non-hydrogen) atoms. The summed E-state index contributed by atoms with van der Waals surface area (Å²) in [4.78, 5) is 29.5. The first-order valence-corrected chi connectivity index (χ1v) is 8.94. The number of benzene rings is 2. The maximum atomic E-state index is 11.9. The van der Waals surface area contributed by atoms with Crippen LogP contribution in [0.3, 0.4) is 0 Å². The summed E-state index contributed by atoms with van der Waals surface area (Å²) in [6.07, 6.45) is 2.14. The van der Waals surface area contributed by atoms with Crippen molar-refractivity contribution in [1.29, 1.82) is 0 Å². The predicted octanol–water partition coefficient (Wildman–Crippen LogP) is 3.58. The molecule has 148 valence electrons. The van der Waals surface area contributed by atoms with E-state index in [4.69, 9.17) is 4.74 Å². The molecule has 9 heteroatoms. The molecular weight excluding hydrogens is 374 g/mol. The Labute approximate surface area is 166 Å². The molecule has 0 bridgehead atoms. The van der Waals surface area contributed by atoms with E-state index in [1.165, 1.54) is 24.4 Å². The lowest BCUT2D eigenvalue weighted by molar-refractivity contribution is -0.385. The summed E-state index contributed by atoms with van der Waals surface area (Å²) in [5.74, 6) is 0.369. The molecule has 0 amide bonds. The smallest absolute Gasteiger partial charge is 0.311 e. The fraction of sp³-hybridized carbons (Fsp3) is 0.150. The average Bonchev–Trinajstić information content (AvgIpc) is 2.73. The zero-order valence-electron chi connectivity index (χ0n) is 15.7. The highest BCUT2D eigenvalue weighted by atomic mass is 16.6. The number of nitro benzene ring substituents is 1. The molecule has 0 spiro atoms. The fourth-order valence-electron chi connectivity index (χ4n) is 2.53. The quantitative estimate of drug-likeness (QED) is 0.343. The molecule has 0 fully saturated rings. The van der Waals surface area contributed by atoms with Gasteiger partial charge in [0.15, 0.2) is 5.75 Å². The van der Waals surface area contributed by atoms with Gasteiger partial charge in [-0.05, 0) is 18.6 Å². The molecule has 2 N–H and O–H groups in total. The topological polar surface area (TPSA) is 123 Å². The number of nitrogens with zero attached hydrogens (tertiary/aromatic N) is 3. The molecule has 2 aromatic carbocycles. The van der Waals surface area contributed by atoms with Crippen LogP contribution in [0.5, 0.6) is 5.75 Å². The van der Waals surface area contributed by atoms with Gasteiger partial charge in [0.05, 0.1) is 23.4 Å². The maximum absolute atomic E-state index is 11.9. The molecule has 3 rings (SSSR count). The molecule has 0 aliphatic heterocycles. The monoisotopic (exact) mass is 393 g/mol. The van der Waals surface area contributed by atoms with E-state index in [2.05, 4.69) is 20.5 Å². The summed E-state index contributed by atoms with van der Waals surface area (Å²) < 4.78 is 5.39. The molecule has 0 saturated carbocycles. The van der Waals surface area contributed by atoms with Crippen LogP contribution in [0.2, 0.25) is 0 Å². The van der Waals surface area contributed by atoms with Gasteiger partial charge in [-0.2, -0.15) is 5.10 Å². The number of aromatic nitrogens is 2. The number of nitro groups is 1. The minimum Gasteiger partial charge on any atom is -0.487 e. The van der Waals surface area contributed by atoms with Gasteiger partial charge in [-0.3, -0.25) is 19.9 Å². The Kier molecular flexibility index (Phi) is 6.31. The summed E-state index contributed by atoms with van der Waals surface area (Å²) in [5, 5.41) is 15.3. The van der Waals surface area contributed by atoms with E-state index in [1.807, 2.05) is 37.3 Å². The fourth-order valence-corrected chi connectivity index (χ4v) is 2.53. The third-order valence-electron chi connectivity index (χ3n) is 3.84. The number of aromatic amines is 1. The van der Waals surface area contributed by atoms with Gasteiger partial charge in [0.2, 0.25) is 5.95 Å². The molecule has 0 atom stereocenters. The van der Waals surface area contributed by atoms with E-state index in [0.29, 0.717) is 17.9 Å². The Morgan fingerprint density at radius 1 is 1.24 bits per heavy atom. The van der Waals surface area contributed by atoms with Crippen molar-refractivity contribution in [2.45, 2.75) is 13.3 Å². The second kappa shape index (κ2) is 9.27. The van der Waals surface area contributed by atoms with Crippen molar-refractivity contribution in [3.8, 4) is 17.0 Å². The van der Waals surface area contributed by atoms with Crippen LogP contribution in [0.1, 0.15) is 18.9 Å². The molecule has 0 saturated heterocycles. The van der Waals surface area contributed by atoms with Crippen LogP contribution in [-0.4, -0.2) is 27.7 Å². The van der Waals surface area contributed by atoms with Gasteiger partial charge in [-0.15, -0.1) is 0 Å². The zero-order valence-corrected chi connectivity index (χ0v) is 15.7. The lowest BCUT2D eigenvalue weighted by Gasteiger charge is -2.06. The number of anilines is 1. The lowest BCUT2D eigenvalue weighted by atomic mass is 10.1. The van der Waals surface area contributed by atoms with Crippen molar-refractivity contribution in [1.82, 2.24) is 9.97 Å². The van der Waals surface area contributed by atoms with Crippen LogP contribution < -0.4 is 15.7 Å². The van der Waals surface area contributed by atoms with Crippen molar-refractivity contribution >= 4 is 17.9 Å². The SMILES string of the molecule is CCCOc1ccc(/C=N\Nc2nc(-c3ccccc3)cc(=O)[nH]2)cc1[N+](=O)[O-]. The Balaban J connectivity index is 1.78. The van der Waals surface area contributed by atoms with E-state index in [1.54, 1.807) is 6.07 Å². The molecule has 1 aromatic heterocycles. The van der Waals surface area contributed by atoms with Gasteiger partial charge in [-0.1, -0.05) is 37.3 Å². The van der Waals surface area contributed by atoms with E-state index in [0.717, 1.165) is 12.0 Å². The van der Waals surface area contributed by atoms with Crippen molar-refractivity contribution in [2.75, 3.05) is 12.0 Å². The largest absolute Gasteiger partial charge is 0.487 e. The summed E-state index contributed by atoms with van der Waals surface area (Å²) in [6, 6.07) is 15.2. The summed E-state index contributed by atoms with van der Waals surface area (Å²) in [6.45, 7) is 2.32. The zero-order chi connectivity index (χ0) is 20.6. The van der Waals surface area contributed by atoms with Crippen molar-refractivity contribution < 1.29 is 9.66 Å². The molecule has 0 aliphatic carbocycles. The second-order valence-corrected chi connectivity index (χ2v) is 6.05. The van der Waals surface area contributed by atoms with Gasteiger partial charge >= 0.3 is 5.69 Å². The summed E-state index contributed by atoms with van der Waals surface area (Å²) in [5.41, 5.74) is 3.97. The van der Waals surface area contributed by atoms with Crippen LogP contribution in [0, 0.1) is 10.1 Å². The highest BCUT2D eigenvalue weighted by Crippen LogP contribution is 2.27. The predicted molar refractivity (Wildman–Crippen MR) is 110 cm³/mol. The molecule has 9 nitrogen and oxygen atoms in total. The normalized spacial score (nSPS) is 10.8. The van der Waals surface area contributed by atoms with Gasteiger partial charge in [0.1, 0.15) is 0 Å². The molecule has 1 heterocycles. The third kappa shape index (κ3) is 5.25. The van der Waals surface area contributed by atoms with Crippen LogP contribution in [0.4, 0.5) is 11.6 Å². The Morgan fingerprint density at radius 2 is 2.03 bits per heavy atom. The highest BCUT2D eigenvalue weighted by molar-refractivity contribution is 5.82. The second-order valence-electron chi connectivity index (χ2n) is 6.05. The molecule has 0 unspecified atom stereocenters. The summed E-state index contributed by atoms with van der Waals surface area (Å²) >= 11 is 0. The number of H-pyrrole nitrogens is 1. The molecule has 3 aromatic rings. The molecule has 0 radical (unpaired) electrons. The van der Waals surface area contributed by atoms with E-state index >= 15 is 0 Å². The summed E-state index contributed by atoms with van der Waals surface area (Å²) in [7, 11) is 0. The standard InChI is InChI=1S/C20H19N5O4/c1-2-10-29-18-9-8-14(11-17(18)25(27)28)13-21-24-20-22-16(12-19(26)23-20)15-6-4-3-5-7-15/h3-9,11-13H,2,10H2,1H3,(H2,22,23,24,26)/b21-13-. The number of hydrogen-bond donors (Lipinski definition) is 2. The van der Waals surface area contributed by atoms with E-state index in [9.17, 15) is 14.9 Å². The van der Waals surface area contributed by atoms with E-state index in [-0.39, 0.29) is 22.9 Å². The average molecular weight is 393 g/mol. The third-order valence-corrected chi connectivity index (χ3v) is 3.84. The van der Waals surface area contributed by atoms with Gasteiger partial charge in [0.25, 0.3) is 5.56 Å². The van der Waals surface area contributed by atoms with Crippen LogP contribution in [-0.2, 0) is 0 Å². The molecule has 0 aliphatic rings. The first-order chi connectivity index (χ1) is 14.1.